The highest BCUT2D eigenvalue weighted by Gasteiger charge is 2.26. The van der Waals surface area contributed by atoms with Crippen molar-refractivity contribution in [2.24, 2.45) is 5.92 Å². The Labute approximate surface area is 78.9 Å². The van der Waals surface area contributed by atoms with Crippen LogP contribution in [0.15, 0.2) is 23.5 Å². The molecule has 70 valence electrons. The molecule has 1 fully saturated rings. The van der Waals surface area contributed by atoms with Crippen molar-refractivity contribution in [1.29, 1.82) is 0 Å². The molecule has 2 aliphatic rings. The standard InChI is InChI=1S/C11H15NO/c1-8-5-7-12-6-3-4-10(12)11(8)9(2)13/h5,7-8H,3-4,6H2,1-2H3/t8-/m1/s1. The van der Waals surface area contributed by atoms with Gasteiger partial charge in [-0.2, -0.15) is 0 Å². The summed E-state index contributed by atoms with van der Waals surface area (Å²) >= 11 is 0. The van der Waals surface area contributed by atoms with Gasteiger partial charge in [0.25, 0.3) is 0 Å². The summed E-state index contributed by atoms with van der Waals surface area (Å²) in [7, 11) is 0. The Morgan fingerprint density at radius 2 is 2.38 bits per heavy atom. The van der Waals surface area contributed by atoms with Crippen molar-refractivity contribution in [1.82, 2.24) is 4.90 Å². The first-order valence-corrected chi connectivity index (χ1v) is 4.89. The van der Waals surface area contributed by atoms with Gasteiger partial charge in [-0.25, -0.2) is 0 Å². The topological polar surface area (TPSA) is 20.3 Å². The lowest BCUT2D eigenvalue weighted by Gasteiger charge is -2.25. The van der Waals surface area contributed by atoms with E-state index in [-0.39, 0.29) is 5.78 Å². The van der Waals surface area contributed by atoms with Gasteiger partial charge in [0.05, 0.1) is 0 Å². The minimum absolute atomic E-state index is 0.235. The van der Waals surface area contributed by atoms with Crippen LogP contribution in [-0.2, 0) is 4.79 Å². The zero-order chi connectivity index (χ0) is 9.42. The average molecular weight is 177 g/mol. The molecule has 0 aromatic carbocycles. The van der Waals surface area contributed by atoms with Gasteiger partial charge in [-0.1, -0.05) is 13.0 Å². The predicted octanol–water partition coefficient (Wildman–Crippen LogP) is 2.09. The largest absolute Gasteiger partial charge is 0.351 e. The van der Waals surface area contributed by atoms with E-state index in [0.29, 0.717) is 5.92 Å². The Hall–Kier alpha value is -1.05. The van der Waals surface area contributed by atoms with E-state index in [0.717, 1.165) is 18.5 Å². The van der Waals surface area contributed by atoms with Crippen LogP contribution in [0.5, 0.6) is 0 Å². The summed E-state index contributed by atoms with van der Waals surface area (Å²) in [6.07, 6.45) is 6.50. The Morgan fingerprint density at radius 1 is 1.62 bits per heavy atom. The summed E-state index contributed by atoms with van der Waals surface area (Å²) in [5.41, 5.74) is 2.29. The van der Waals surface area contributed by atoms with E-state index in [1.807, 2.05) is 0 Å². The maximum absolute atomic E-state index is 11.4. The molecule has 0 aromatic heterocycles. The highest BCUT2D eigenvalue weighted by atomic mass is 16.1. The Bertz CT molecular complexity index is 301. The molecule has 0 saturated carbocycles. The average Bonchev–Trinajstić information content (AvgIpc) is 2.50. The zero-order valence-electron chi connectivity index (χ0n) is 8.21. The van der Waals surface area contributed by atoms with E-state index in [9.17, 15) is 4.79 Å². The summed E-state index contributed by atoms with van der Waals surface area (Å²) in [5, 5.41) is 0. The van der Waals surface area contributed by atoms with Crippen LogP contribution in [0.4, 0.5) is 0 Å². The van der Waals surface area contributed by atoms with Crippen molar-refractivity contribution in [2.75, 3.05) is 6.54 Å². The minimum Gasteiger partial charge on any atom is -0.351 e. The highest BCUT2D eigenvalue weighted by Crippen LogP contribution is 2.32. The second-order valence-electron chi connectivity index (χ2n) is 3.84. The molecule has 0 amide bonds. The molecule has 0 spiro atoms. The van der Waals surface area contributed by atoms with Crippen molar-refractivity contribution in [3.05, 3.63) is 23.5 Å². The normalized spacial score (nSPS) is 26.6. The molecule has 0 unspecified atom stereocenters. The number of Topliss-reactive ketones (excluding diaryl/α,β-unsaturated/α-hetero) is 1. The zero-order valence-corrected chi connectivity index (χ0v) is 8.21. The van der Waals surface area contributed by atoms with Gasteiger partial charge < -0.3 is 4.90 Å². The Kier molecular flexibility index (Phi) is 1.98. The molecule has 0 bridgehead atoms. The second-order valence-corrected chi connectivity index (χ2v) is 3.84. The van der Waals surface area contributed by atoms with Crippen LogP contribution in [0.25, 0.3) is 0 Å². The number of carbonyl (C=O) groups excluding carboxylic acids is 1. The predicted molar refractivity (Wildman–Crippen MR) is 52.0 cm³/mol. The SMILES string of the molecule is CC(=O)C1=C2CCCN2C=C[C@H]1C. The lowest BCUT2D eigenvalue weighted by atomic mass is 9.93. The van der Waals surface area contributed by atoms with Crippen LogP contribution in [0.1, 0.15) is 26.7 Å². The molecular weight excluding hydrogens is 162 g/mol. The van der Waals surface area contributed by atoms with Crippen LogP contribution in [0.2, 0.25) is 0 Å². The van der Waals surface area contributed by atoms with Gasteiger partial charge in [-0.3, -0.25) is 4.79 Å². The molecule has 0 N–H and O–H groups in total. The van der Waals surface area contributed by atoms with Crippen LogP contribution >= 0.6 is 0 Å². The molecule has 2 heteroatoms. The molecule has 1 saturated heterocycles. The van der Waals surface area contributed by atoms with Gasteiger partial charge in [0.1, 0.15) is 0 Å². The van der Waals surface area contributed by atoms with E-state index in [1.54, 1.807) is 6.92 Å². The number of ketones is 1. The minimum atomic E-state index is 0.235. The monoisotopic (exact) mass is 177 g/mol. The lowest BCUT2D eigenvalue weighted by molar-refractivity contribution is -0.114. The molecule has 0 aromatic rings. The van der Waals surface area contributed by atoms with Crippen molar-refractivity contribution >= 4 is 5.78 Å². The summed E-state index contributed by atoms with van der Waals surface area (Å²) < 4.78 is 0. The van der Waals surface area contributed by atoms with E-state index < -0.39 is 0 Å². The summed E-state index contributed by atoms with van der Waals surface area (Å²) in [6.45, 7) is 4.85. The maximum atomic E-state index is 11.4. The first kappa shape index (κ1) is 8.54. The molecular formula is C11H15NO. The molecule has 0 aliphatic carbocycles. The quantitative estimate of drug-likeness (QED) is 0.611. The number of carbonyl (C=O) groups is 1. The molecule has 2 nitrogen and oxygen atoms in total. The first-order chi connectivity index (χ1) is 6.20. The highest BCUT2D eigenvalue weighted by molar-refractivity contribution is 5.95. The fraction of sp³-hybridized carbons (Fsp3) is 0.545. The number of allylic oxidation sites excluding steroid dienone is 3. The van der Waals surface area contributed by atoms with Crippen LogP contribution in [0.3, 0.4) is 0 Å². The van der Waals surface area contributed by atoms with Gasteiger partial charge in [-0.05, 0) is 19.8 Å². The van der Waals surface area contributed by atoms with E-state index in [2.05, 4.69) is 24.1 Å². The first-order valence-electron chi connectivity index (χ1n) is 4.89. The van der Waals surface area contributed by atoms with Gasteiger partial charge in [-0.15, -0.1) is 0 Å². The fourth-order valence-electron chi connectivity index (χ4n) is 2.27. The van der Waals surface area contributed by atoms with E-state index in [4.69, 9.17) is 0 Å². The van der Waals surface area contributed by atoms with Gasteiger partial charge in [0, 0.05) is 29.9 Å². The van der Waals surface area contributed by atoms with Crippen molar-refractivity contribution in [2.45, 2.75) is 26.7 Å². The molecule has 13 heavy (non-hydrogen) atoms. The van der Waals surface area contributed by atoms with Crippen molar-refractivity contribution in [3.8, 4) is 0 Å². The van der Waals surface area contributed by atoms with E-state index in [1.165, 1.54) is 12.1 Å². The van der Waals surface area contributed by atoms with Gasteiger partial charge >= 0.3 is 0 Å². The fourth-order valence-corrected chi connectivity index (χ4v) is 2.27. The third kappa shape index (κ3) is 1.30. The van der Waals surface area contributed by atoms with Crippen LogP contribution < -0.4 is 0 Å². The van der Waals surface area contributed by atoms with Gasteiger partial charge in [0.2, 0.25) is 0 Å². The summed E-state index contributed by atoms with van der Waals surface area (Å²) in [6, 6.07) is 0. The molecule has 1 atom stereocenters. The number of hydrogen-bond donors (Lipinski definition) is 0. The van der Waals surface area contributed by atoms with E-state index >= 15 is 0 Å². The summed E-state index contributed by atoms with van der Waals surface area (Å²) in [4.78, 5) is 13.7. The molecule has 2 aliphatic heterocycles. The maximum Gasteiger partial charge on any atom is 0.158 e. The second kappa shape index (κ2) is 3.02. The van der Waals surface area contributed by atoms with Gasteiger partial charge in [0.15, 0.2) is 5.78 Å². The Morgan fingerprint density at radius 3 is 3.08 bits per heavy atom. The number of rotatable bonds is 1. The molecule has 0 radical (unpaired) electrons. The van der Waals surface area contributed by atoms with Crippen molar-refractivity contribution in [3.63, 3.8) is 0 Å². The Balaban J connectivity index is 2.41. The third-order valence-corrected chi connectivity index (χ3v) is 2.86. The molecule has 2 heterocycles. The van der Waals surface area contributed by atoms with Crippen LogP contribution in [-0.4, -0.2) is 17.2 Å². The lowest BCUT2D eigenvalue weighted by Crippen LogP contribution is -2.21. The van der Waals surface area contributed by atoms with Crippen LogP contribution in [0, 0.1) is 5.92 Å². The smallest absolute Gasteiger partial charge is 0.158 e. The number of fused-ring (bicyclic) bond motifs is 1. The van der Waals surface area contributed by atoms with Crippen molar-refractivity contribution < 1.29 is 4.79 Å². The summed E-state index contributed by atoms with van der Waals surface area (Å²) in [5.74, 6) is 0.542. The number of nitrogens with zero attached hydrogens (tertiary/aromatic N) is 1. The molecule has 2 rings (SSSR count). The number of hydrogen-bond acceptors (Lipinski definition) is 2. The third-order valence-electron chi connectivity index (χ3n) is 2.86.